The zero-order valence-electron chi connectivity index (χ0n) is 10.9. The minimum absolute atomic E-state index is 0.0747. The molecule has 0 radical (unpaired) electrons. The normalized spacial score (nSPS) is 25.8. The van der Waals surface area contributed by atoms with Gasteiger partial charge in [0, 0.05) is 12.5 Å². The van der Waals surface area contributed by atoms with E-state index in [4.69, 9.17) is 9.84 Å². The van der Waals surface area contributed by atoms with Crippen LogP contribution >= 0.6 is 11.3 Å². The van der Waals surface area contributed by atoms with E-state index in [9.17, 15) is 0 Å². The summed E-state index contributed by atoms with van der Waals surface area (Å²) in [5, 5.41) is 17.7. The van der Waals surface area contributed by atoms with Crippen LogP contribution in [0.25, 0.3) is 4.96 Å². The highest BCUT2D eigenvalue weighted by Crippen LogP contribution is 2.32. The number of ether oxygens (including phenoxy) is 1. The molecule has 0 aromatic carbocycles. The Hall–Kier alpha value is -1.05. The summed E-state index contributed by atoms with van der Waals surface area (Å²) in [6.07, 6.45) is 2.20. The second-order valence-electron chi connectivity index (χ2n) is 5.40. The minimum Gasteiger partial charge on any atom is -0.370 e. The van der Waals surface area contributed by atoms with E-state index in [0.717, 1.165) is 48.3 Å². The number of aromatic nitrogens is 4. The van der Waals surface area contributed by atoms with Gasteiger partial charge in [0.05, 0.1) is 0 Å². The average Bonchev–Trinajstić information content (AvgIpc) is 3.01. The van der Waals surface area contributed by atoms with E-state index in [2.05, 4.69) is 22.4 Å². The van der Waals surface area contributed by atoms with Crippen LogP contribution in [0.3, 0.4) is 0 Å². The van der Waals surface area contributed by atoms with Crippen molar-refractivity contribution < 1.29 is 4.74 Å². The molecule has 6 nitrogen and oxygen atoms in total. The highest BCUT2D eigenvalue weighted by Gasteiger charge is 2.29. The van der Waals surface area contributed by atoms with Crippen molar-refractivity contribution in [2.45, 2.75) is 31.8 Å². The Bertz CT molecular complexity index is 584. The maximum absolute atomic E-state index is 5.69. The molecule has 2 atom stereocenters. The highest BCUT2D eigenvalue weighted by atomic mass is 32.1. The second-order valence-corrected chi connectivity index (χ2v) is 6.39. The van der Waals surface area contributed by atoms with Gasteiger partial charge in [-0.2, -0.15) is 9.61 Å². The Kier molecular flexibility index (Phi) is 2.78. The number of nitrogens with zero attached hydrogens (tertiary/aromatic N) is 4. The van der Waals surface area contributed by atoms with Gasteiger partial charge in [-0.3, -0.25) is 0 Å². The van der Waals surface area contributed by atoms with E-state index < -0.39 is 0 Å². The number of hydrogen-bond donors (Lipinski definition) is 1. The van der Waals surface area contributed by atoms with Crippen molar-refractivity contribution in [2.75, 3.05) is 19.7 Å². The van der Waals surface area contributed by atoms with Crippen molar-refractivity contribution in [3.8, 4) is 0 Å². The van der Waals surface area contributed by atoms with E-state index >= 15 is 0 Å². The van der Waals surface area contributed by atoms with E-state index in [1.807, 2.05) is 4.52 Å². The lowest BCUT2D eigenvalue weighted by atomic mass is 9.90. The average molecular weight is 279 g/mol. The quantitative estimate of drug-likeness (QED) is 0.919. The fourth-order valence-electron chi connectivity index (χ4n) is 2.68. The molecule has 2 unspecified atom stereocenters. The lowest BCUT2D eigenvalue weighted by Crippen LogP contribution is -2.44. The first-order chi connectivity index (χ1) is 9.33. The summed E-state index contributed by atoms with van der Waals surface area (Å²) in [6.45, 7) is 5.27. The monoisotopic (exact) mass is 279 g/mol. The Morgan fingerprint density at radius 1 is 1.42 bits per heavy atom. The lowest BCUT2D eigenvalue weighted by molar-refractivity contribution is 0.103. The van der Waals surface area contributed by atoms with E-state index in [1.165, 1.54) is 0 Å². The molecule has 2 aromatic rings. The largest absolute Gasteiger partial charge is 0.370 e. The lowest BCUT2D eigenvalue weighted by Gasteiger charge is -2.31. The van der Waals surface area contributed by atoms with Gasteiger partial charge >= 0.3 is 0 Å². The molecule has 0 aliphatic carbocycles. The zero-order valence-corrected chi connectivity index (χ0v) is 11.7. The molecule has 7 heteroatoms. The standard InChI is InChI=1S/C12H17N5OS/c1-7(8-5-13-6-8)11-16-17-10(9-3-2-4-18-9)14-15-12(17)19-11/h7-9,13H,2-6H2,1H3. The number of rotatable bonds is 3. The minimum atomic E-state index is 0.0747. The summed E-state index contributed by atoms with van der Waals surface area (Å²) >= 11 is 1.66. The Morgan fingerprint density at radius 3 is 3.00 bits per heavy atom. The number of nitrogens with one attached hydrogen (secondary N) is 1. The van der Waals surface area contributed by atoms with Crippen LogP contribution in [0.5, 0.6) is 0 Å². The van der Waals surface area contributed by atoms with Crippen molar-refractivity contribution in [2.24, 2.45) is 5.92 Å². The second kappa shape index (κ2) is 4.50. The first-order valence-corrected chi connectivity index (χ1v) is 7.69. The first kappa shape index (κ1) is 11.7. The molecular formula is C12H17N5OS. The van der Waals surface area contributed by atoms with Crippen molar-refractivity contribution in [3.63, 3.8) is 0 Å². The molecule has 102 valence electrons. The fourth-order valence-corrected chi connectivity index (χ4v) is 3.67. The molecule has 19 heavy (non-hydrogen) atoms. The molecule has 2 saturated heterocycles. The third-order valence-electron chi connectivity index (χ3n) is 4.16. The Labute approximate surface area is 115 Å². The molecule has 4 rings (SSSR count). The number of hydrogen-bond acceptors (Lipinski definition) is 6. The molecule has 4 heterocycles. The van der Waals surface area contributed by atoms with Crippen molar-refractivity contribution >= 4 is 16.3 Å². The summed E-state index contributed by atoms with van der Waals surface area (Å²) in [4.78, 5) is 0.889. The summed E-state index contributed by atoms with van der Waals surface area (Å²) in [7, 11) is 0. The van der Waals surface area contributed by atoms with Crippen LogP contribution in [0.2, 0.25) is 0 Å². The fraction of sp³-hybridized carbons (Fsp3) is 0.750. The SMILES string of the molecule is CC(c1nn2c(C3CCCO3)nnc2s1)C1CNC1. The molecule has 0 amide bonds. The predicted octanol–water partition coefficient (Wildman–Crippen LogP) is 1.36. The Balaban J connectivity index is 1.67. The van der Waals surface area contributed by atoms with E-state index in [1.54, 1.807) is 11.3 Å². The molecular weight excluding hydrogens is 262 g/mol. The van der Waals surface area contributed by atoms with Gasteiger partial charge in [0.1, 0.15) is 11.1 Å². The predicted molar refractivity (Wildman–Crippen MR) is 71.4 cm³/mol. The van der Waals surface area contributed by atoms with Crippen LogP contribution in [-0.4, -0.2) is 39.5 Å². The smallest absolute Gasteiger partial charge is 0.234 e. The van der Waals surface area contributed by atoms with Gasteiger partial charge < -0.3 is 10.1 Å². The van der Waals surface area contributed by atoms with Crippen molar-refractivity contribution in [1.82, 2.24) is 25.1 Å². The molecule has 2 fully saturated rings. The van der Waals surface area contributed by atoms with Crippen molar-refractivity contribution in [1.29, 1.82) is 0 Å². The third-order valence-corrected chi connectivity index (χ3v) is 5.26. The molecule has 1 N–H and O–H groups in total. The topological polar surface area (TPSA) is 64.3 Å². The summed E-state index contributed by atoms with van der Waals surface area (Å²) in [6, 6.07) is 0. The number of fused-ring (bicyclic) bond motifs is 1. The molecule has 2 aromatic heterocycles. The first-order valence-electron chi connectivity index (χ1n) is 6.87. The molecule has 0 saturated carbocycles. The van der Waals surface area contributed by atoms with E-state index in [0.29, 0.717) is 11.8 Å². The van der Waals surface area contributed by atoms with Crippen LogP contribution in [0.15, 0.2) is 0 Å². The van der Waals surface area contributed by atoms with Gasteiger partial charge in [0.15, 0.2) is 5.82 Å². The van der Waals surface area contributed by atoms with Crippen LogP contribution in [0.1, 0.15) is 42.6 Å². The third kappa shape index (κ3) is 1.87. The van der Waals surface area contributed by atoms with Gasteiger partial charge in [-0.05, 0) is 31.8 Å². The molecule has 0 bridgehead atoms. The van der Waals surface area contributed by atoms with Gasteiger partial charge in [-0.1, -0.05) is 18.3 Å². The summed E-state index contributed by atoms with van der Waals surface area (Å²) in [5.41, 5.74) is 0. The van der Waals surface area contributed by atoms with Gasteiger partial charge in [0.2, 0.25) is 4.96 Å². The molecule has 2 aliphatic heterocycles. The molecule has 2 aliphatic rings. The summed E-state index contributed by atoms with van der Waals surface area (Å²) < 4.78 is 7.57. The highest BCUT2D eigenvalue weighted by molar-refractivity contribution is 7.16. The van der Waals surface area contributed by atoms with Gasteiger partial charge in [0.25, 0.3) is 0 Å². The van der Waals surface area contributed by atoms with Gasteiger partial charge in [-0.25, -0.2) is 0 Å². The van der Waals surface area contributed by atoms with Crippen LogP contribution < -0.4 is 5.32 Å². The van der Waals surface area contributed by atoms with E-state index in [-0.39, 0.29) is 6.10 Å². The molecule has 0 spiro atoms. The maximum Gasteiger partial charge on any atom is 0.234 e. The van der Waals surface area contributed by atoms with Gasteiger partial charge in [-0.15, -0.1) is 10.2 Å². The zero-order chi connectivity index (χ0) is 12.8. The van der Waals surface area contributed by atoms with Crippen molar-refractivity contribution in [3.05, 3.63) is 10.8 Å². The van der Waals surface area contributed by atoms with Crippen LogP contribution in [0, 0.1) is 5.92 Å². The summed E-state index contributed by atoms with van der Waals surface area (Å²) in [5.74, 6) is 2.06. The van der Waals surface area contributed by atoms with Crippen LogP contribution in [0.4, 0.5) is 0 Å². The Morgan fingerprint density at radius 2 is 2.32 bits per heavy atom. The maximum atomic E-state index is 5.69. The van der Waals surface area contributed by atoms with Crippen LogP contribution in [-0.2, 0) is 4.74 Å².